The number of nitrogens with zero attached hydrogens (tertiary/aromatic N) is 7. The molecular formula is C38H37N7O2. The van der Waals surface area contributed by atoms with Gasteiger partial charge in [-0.1, -0.05) is 24.3 Å². The van der Waals surface area contributed by atoms with Gasteiger partial charge in [0, 0.05) is 53.6 Å². The first kappa shape index (κ1) is 27.2. The highest BCUT2D eigenvalue weighted by Gasteiger charge is 2.61. The number of aromatic nitrogens is 6. The van der Waals surface area contributed by atoms with Crippen molar-refractivity contribution in [1.29, 1.82) is 0 Å². The minimum atomic E-state index is 0.105. The van der Waals surface area contributed by atoms with Crippen LogP contribution in [0.2, 0.25) is 0 Å². The summed E-state index contributed by atoms with van der Waals surface area (Å²) >= 11 is 0. The van der Waals surface area contributed by atoms with Crippen LogP contribution in [0.3, 0.4) is 0 Å². The van der Waals surface area contributed by atoms with Crippen molar-refractivity contribution in [3.63, 3.8) is 0 Å². The first-order chi connectivity index (χ1) is 23.0. The minimum Gasteiger partial charge on any atom is -0.494 e. The minimum absolute atomic E-state index is 0.105. The molecule has 1 aliphatic heterocycles. The van der Waals surface area contributed by atoms with E-state index in [2.05, 4.69) is 54.4 Å². The zero-order valence-corrected chi connectivity index (χ0v) is 26.7. The summed E-state index contributed by atoms with van der Waals surface area (Å²) in [4.78, 5) is 26.1. The van der Waals surface area contributed by atoms with E-state index in [1.165, 1.54) is 30.2 Å². The molecular weight excluding hydrogens is 586 g/mol. The summed E-state index contributed by atoms with van der Waals surface area (Å²) in [5.41, 5.74) is 6.74. The second kappa shape index (κ2) is 10.0. The Bertz CT molecular complexity index is 2200. The lowest BCUT2D eigenvalue weighted by molar-refractivity contribution is -0.0204. The molecule has 3 aliphatic carbocycles. The van der Waals surface area contributed by atoms with Crippen molar-refractivity contribution in [3.8, 4) is 23.1 Å². The number of carbonyl (C=O) groups excluding carboxylic acids is 1. The van der Waals surface area contributed by atoms with E-state index in [-0.39, 0.29) is 5.91 Å². The molecule has 0 radical (unpaired) electrons. The van der Waals surface area contributed by atoms with E-state index in [9.17, 15) is 4.79 Å². The third kappa shape index (κ3) is 4.21. The molecule has 4 aliphatic rings. The van der Waals surface area contributed by atoms with E-state index in [1.807, 2.05) is 54.5 Å². The van der Waals surface area contributed by atoms with E-state index in [1.54, 1.807) is 7.11 Å². The third-order valence-electron chi connectivity index (χ3n) is 11.3. The van der Waals surface area contributed by atoms with Gasteiger partial charge >= 0.3 is 0 Å². The first-order valence-electron chi connectivity index (χ1n) is 17.0. The maximum absolute atomic E-state index is 14.0. The van der Waals surface area contributed by atoms with Gasteiger partial charge in [-0.2, -0.15) is 5.10 Å². The molecule has 10 rings (SSSR count). The van der Waals surface area contributed by atoms with Crippen LogP contribution >= 0.6 is 0 Å². The van der Waals surface area contributed by atoms with Gasteiger partial charge in [-0.3, -0.25) is 4.79 Å². The average Bonchev–Trinajstić information content (AvgIpc) is 3.47. The zero-order chi connectivity index (χ0) is 31.4. The fraction of sp³-hybridized carbons (Fsp3) is 0.368. The smallest absolute Gasteiger partial charge is 0.254 e. The number of rotatable bonds is 8. The fourth-order valence-corrected chi connectivity index (χ4v) is 8.72. The lowest BCUT2D eigenvalue weighted by Crippen LogP contribution is -2.53. The molecule has 47 heavy (non-hydrogen) atoms. The molecule has 1 amide bonds. The number of carbonyl (C=O) groups is 1. The Hall–Kier alpha value is -4.92. The molecule has 9 heteroatoms. The number of aryl methyl sites for hydroxylation is 1. The number of imidazole rings is 1. The van der Waals surface area contributed by atoms with Gasteiger partial charge in [0.15, 0.2) is 11.6 Å². The first-order valence-corrected chi connectivity index (χ1v) is 17.0. The van der Waals surface area contributed by atoms with Gasteiger partial charge in [0.05, 0.1) is 31.1 Å². The number of hydrogen-bond acceptors (Lipinski definition) is 5. The van der Waals surface area contributed by atoms with Crippen molar-refractivity contribution in [1.82, 2.24) is 33.8 Å². The van der Waals surface area contributed by atoms with E-state index in [0.29, 0.717) is 35.7 Å². The molecule has 2 aromatic carbocycles. The van der Waals surface area contributed by atoms with E-state index >= 15 is 0 Å². The Morgan fingerprint density at radius 1 is 1.00 bits per heavy atom. The number of para-hydroxylation sites is 1. The lowest BCUT2D eigenvalue weighted by atomic mass is 9.53. The summed E-state index contributed by atoms with van der Waals surface area (Å²) in [7, 11) is 1.69. The van der Waals surface area contributed by atoms with Gasteiger partial charge < -0.3 is 18.8 Å². The molecule has 5 heterocycles. The van der Waals surface area contributed by atoms with Crippen LogP contribution < -0.4 is 4.74 Å². The Balaban J connectivity index is 1.12. The van der Waals surface area contributed by atoms with Crippen LogP contribution in [0.4, 0.5) is 0 Å². The van der Waals surface area contributed by atoms with Crippen molar-refractivity contribution in [2.24, 2.45) is 23.7 Å². The zero-order valence-electron chi connectivity index (χ0n) is 26.7. The molecule has 6 aromatic rings. The van der Waals surface area contributed by atoms with Crippen LogP contribution in [-0.2, 0) is 13.1 Å². The van der Waals surface area contributed by atoms with Crippen LogP contribution in [0.25, 0.3) is 39.3 Å². The summed E-state index contributed by atoms with van der Waals surface area (Å²) in [5.74, 6) is 5.33. The highest BCUT2D eigenvalue weighted by Crippen LogP contribution is 2.60. The van der Waals surface area contributed by atoms with E-state index < -0.39 is 0 Å². The SMILES string of the molecule is COc1cc(C(=O)N2CC3CC4CC2[C@H]43)cc2nc(-c3cc4ccccc4n3CC3CC3)n(Cc3cnn(-c4ccc(C)cn4)c3)c12. The predicted molar refractivity (Wildman–Crippen MR) is 180 cm³/mol. The quantitative estimate of drug-likeness (QED) is 0.194. The van der Waals surface area contributed by atoms with Crippen molar-refractivity contribution in [3.05, 3.63) is 89.9 Å². The van der Waals surface area contributed by atoms with Crippen LogP contribution in [0, 0.1) is 30.6 Å². The van der Waals surface area contributed by atoms with Crippen molar-refractivity contribution in [2.45, 2.75) is 51.7 Å². The lowest BCUT2D eigenvalue weighted by Gasteiger charge is -2.52. The molecule has 3 unspecified atom stereocenters. The Labute approximate surface area is 272 Å². The molecule has 9 nitrogen and oxygen atoms in total. The van der Waals surface area contributed by atoms with Crippen molar-refractivity contribution in [2.75, 3.05) is 13.7 Å². The number of benzene rings is 2. The molecule has 3 saturated carbocycles. The molecule has 4 aromatic heterocycles. The summed E-state index contributed by atoms with van der Waals surface area (Å²) < 4.78 is 12.6. The van der Waals surface area contributed by atoms with Gasteiger partial charge in [-0.05, 0) is 92.2 Å². The molecule has 4 atom stereocenters. The van der Waals surface area contributed by atoms with Gasteiger partial charge in [-0.15, -0.1) is 0 Å². The molecule has 0 spiro atoms. The van der Waals surface area contributed by atoms with Crippen LogP contribution in [0.15, 0.2) is 73.2 Å². The summed E-state index contributed by atoms with van der Waals surface area (Å²) in [6, 6.07) is 19.2. The second-order valence-electron chi connectivity index (χ2n) is 14.3. The molecule has 4 fully saturated rings. The number of amides is 1. The molecule has 236 valence electrons. The number of pyridine rings is 1. The standard InChI is InChI=1S/C38H37N7O2/c1-22-7-10-34(39-16-22)45-20-24(17-40-45)19-44-36-29(41-37(44)32-13-25-5-3-4-6-30(25)42(32)18-23-8-9-23)12-27(15-33(36)47-2)38(46)43-21-28-11-26-14-31(43)35(26)28/h3-7,10,12-13,15-17,20,23,26,28,31,35H,8-9,11,14,18-19,21H2,1-2H3/t26?,28?,31?,35-/m1/s1. The second-order valence-corrected chi connectivity index (χ2v) is 14.3. The van der Waals surface area contributed by atoms with Gasteiger partial charge in [0.1, 0.15) is 11.3 Å². The van der Waals surface area contributed by atoms with Crippen LogP contribution in [0.5, 0.6) is 5.75 Å². The van der Waals surface area contributed by atoms with Crippen LogP contribution in [0.1, 0.15) is 47.2 Å². The highest BCUT2D eigenvalue weighted by atomic mass is 16.5. The molecule has 0 bridgehead atoms. The maximum Gasteiger partial charge on any atom is 0.254 e. The van der Waals surface area contributed by atoms with Gasteiger partial charge in [-0.25, -0.2) is 14.6 Å². The number of hydrogen-bond donors (Lipinski definition) is 0. The monoisotopic (exact) mass is 623 g/mol. The number of likely N-dealkylation sites (tertiary alicyclic amines) is 1. The average molecular weight is 624 g/mol. The maximum atomic E-state index is 14.0. The summed E-state index contributed by atoms with van der Waals surface area (Å²) in [5, 5.41) is 5.86. The third-order valence-corrected chi connectivity index (χ3v) is 11.3. The molecule has 0 N–H and O–H groups in total. The Kier molecular flexibility index (Phi) is 5.81. The van der Waals surface area contributed by atoms with Crippen molar-refractivity contribution >= 4 is 27.8 Å². The normalized spacial score (nSPS) is 22.8. The van der Waals surface area contributed by atoms with Crippen molar-refractivity contribution < 1.29 is 9.53 Å². The number of ether oxygens (including phenoxy) is 1. The van der Waals surface area contributed by atoms with Gasteiger partial charge in [0.25, 0.3) is 5.91 Å². The fourth-order valence-electron chi connectivity index (χ4n) is 8.72. The van der Waals surface area contributed by atoms with Gasteiger partial charge in [0.2, 0.25) is 0 Å². The Morgan fingerprint density at radius 3 is 2.68 bits per heavy atom. The number of fused-ring (bicyclic) bond motifs is 2. The largest absolute Gasteiger partial charge is 0.494 e. The van der Waals surface area contributed by atoms with Crippen LogP contribution in [-0.4, -0.2) is 59.4 Å². The number of methoxy groups -OCH3 is 1. The van der Waals surface area contributed by atoms with E-state index in [0.717, 1.165) is 70.8 Å². The van der Waals surface area contributed by atoms with E-state index in [4.69, 9.17) is 9.72 Å². The highest BCUT2D eigenvalue weighted by molar-refractivity contribution is 6.00. The summed E-state index contributed by atoms with van der Waals surface area (Å²) in [6.07, 6.45) is 10.7. The Morgan fingerprint density at radius 2 is 1.89 bits per heavy atom. The topological polar surface area (TPSA) is 83.0 Å². The summed E-state index contributed by atoms with van der Waals surface area (Å²) in [6.45, 7) is 4.41. The predicted octanol–water partition coefficient (Wildman–Crippen LogP) is 6.49. The molecule has 1 saturated heterocycles.